The van der Waals surface area contributed by atoms with Crippen LogP contribution >= 0.6 is 0 Å². The highest BCUT2D eigenvalue weighted by Crippen LogP contribution is 2.27. The maximum Gasteiger partial charge on any atom is 0.127 e. The molecule has 0 fully saturated rings. The molecule has 0 saturated carbocycles. The molecule has 12 heavy (non-hydrogen) atoms. The molecule has 66 valence electrons. The van der Waals surface area contributed by atoms with Crippen molar-refractivity contribution in [2.24, 2.45) is 0 Å². The molecule has 0 atom stereocenters. The monoisotopic (exact) mass is 166 g/mol. The summed E-state index contributed by atoms with van der Waals surface area (Å²) in [4.78, 5) is 0. The average Bonchev–Trinajstić information content (AvgIpc) is 2.42. The number of fused-ring (bicyclic) bond motifs is 1. The van der Waals surface area contributed by atoms with Crippen LogP contribution in [-0.4, -0.2) is 18.2 Å². The van der Waals surface area contributed by atoms with Gasteiger partial charge >= 0.3 is 0 Å². The predicted molar refractivity (Wildman–Crippen MR) is 46.1 cm³/mol. The van der Waals surface area contributed by atoms with Gasteiger partial charge in [0.1, 0.15) is 6.26 Å². The lowest BCUT2D eigenvalue weighted by atomic mass is 9.85. The highest BCUT2D eigenvalue weighted by Gasteiger charge is 2.28. The largest absolute Gasteiger partial charge is 0.364 e. The van der Waals surface area contributed by atoms with Crippen LogP contribution in [0, 0.1) is 0 Å². The van der Waals surface area contributed by atoms with Crippen molar-refractivity contribution in [3.63, 3.8) is 0 Å². The van der Waals surface area contributed by atoms with Crippen molar-refractivity contribution in [2.45, 2.75) is 25.7 Å². The molecule has 2 rings (SSSR count). The average molecular weight is 166 g/mol. The van der Waals surface area contributed by atoms with Gasteiger partial charge in [-0.2, -0.15) is 0 Å². The van der Waals surface area contributed by atoms with Crippen molar-refractivity contribution in [2.75, 3.05) is 13.1 Å². The van der Waals surface area contributed by atoms with E-state index in [9.17, 15) is 0 Å². The van der Waals surface area contributed by atoms with Gasteiger partial charge in [0.2, 0.25) is 0 Å². The number of nitrogens with zero attached hydrogens (tertiary/aromatic N) is 1. The van der Waals surface area contributed by atoms with Crippen LogP contribution in [0.4, 0.5) is 0 Å². The second-order valence-electron chi connectivity index (χ2n) is 3.99. The maximum absolute atomic E-state index is 4.98. The zero-order chi connectivity index (χ0) is 8.60. The Bertz CT molecular complexity index is 278. The van der Waals surface area contributed by atoms with Crippen molar-refractivity contribution >= 4 is 0 Å². The molecule has 1 aromatic rings. The SMILES string of the molecule is CC1(C)CNCCc2nocc21. The van der Waals surface area contributed by atoms with Crippen LogP contribution in [0.25, 0.3) is 0 Å². The fraction of sp³-hybridized carbons (Fsp3) is 0.667. The fourth-order valence-corrected chi connectivity index (χ4v) is 1.69. The molecule has 1 N–H and O–H groups in total. The van der Waals surface area contributed by atoms with Crippen LogP contribution in [0.5, 0.6) is 0 Å². The summed E-state index contributed by atoms with van der Waals surface area (Å²) in [7, 11) is 0. The molecule has 0 aliphatic carbocycles. The van der Waals surface area contributed by atoms with Gasteiger partial charge in [0.15, 0.2) is 0 Å². The smallest absolute Gasteiger partial charge is 0.127 e. The molecule has 0 bridgehead atoms. The number of hydrogen-bond donors (Lipinski definition) is 1. The second-order valence-corrected chi connectivity index (χ2v) is 3.99. The van der Waals surface area contributed by atoms with Crippen molar-refractivity contribution in [1.29, 1.82) is 0 Å². The molecule has 1 aliphatic rings. The molecule has 0 saturated heterocycles. The summed E-state index contributed by atoms with van der Waals surface area (Å²) in [5, 5.41) is 7.39. The first kappa shape index (κ1) is 7.80. The summed E-state index contributed by atoms with van der Waals surface area (Å²) in [5.74, 6) is 0. The Morgan fingerprint density at radius 1 is 1.58 bits per heavy atom. The Kier molecular flexibility index (Phi) is 1.68. The molecule has 1 aromatic heterocycles. The van der Waals surface area contributed by atoms with Gasteiger partial charge in [-0.15, -0.1) is 0 Å². The number of aromatic nitrogens is 1. The van der Waals surface area contributed by atoms with Crippen LogP contribution in [0.3, 0.4) is 0 Å². The summed E-state index contributed by atoms with van der Waals surface area (Å²) < 4.78 is 4.98. The van der Waals surface area contributed by atoms with E-state index in [2.05, 4.69) is 24.3 Å². The number of hydrogen-bond acceptors (Lipinski definition) is 3. The zero-order valence-corrected chi connectivity index (χ0v) is 7.55. The molecule has 0 spiro atoms. The first-order valence-electron chi connectivity index (χ1n) is 4.34. The summed E-state index contributed by atoms with van der Waals surface area (Å²) >= 11 is 0. The Balaban J connectivity index is 2.43. The highest BCUT2D eigenvalue weighted by atomic mass is 16.5. The van der Waals surface area contributed by atoms with Crippen LogP contribution in [0.1, 0.15) is 25.1 Å². The summed E-state index contributed by atoms with van der Waals surface area (Å²) in [5.41, 5.74) is 2.53. The molecule has 3 nitrogen and oxygen atoms in total. The van der Waals surface area contributed by atoms with Gasteiger partial charge < -0.3 is 9.84 Å². The molecule has 2 heterocycles. The first-order valence-corrected chi connectivity index (χ1v) is 4.34. The summed E-state index contributed by atoms with van der Waals surface area (Å²) in [6.07, 6.45) is 2.76. The van der Waals surface area contributed by atoms with Crippen molar-refractivity contribution in [3.8, 4) is 0 Å². The van der Waals surface area contributed by atoms with Gasteiger partial charge in [-0.05, 0) is 0 Å². The van der Waals surface area contributed by atoms with E-state index in [0.717, 1.165) is 25.2 Å². The van der Waals surface area contributed by atoms with Gasteiger partial charge in [-0.25, -0.2) is 0 Å². The summed E-state index contributed by atoms with van der Waals surface area (Å²) in [6, 6.07) is 0. The van der Waals surface area contributed by atoms with E-state index in [0.29, 0.717) is 0 Å². The minimum atomic E-state index is 0.159. The lowest BCUT2D eigenvalue weighted by Gasteiger charge is -2.21. The third-order valence-corrected chi connectivity index (χ3v) is 2.48. The topological polar surface area (TPSA) is 38.1 Å². The van der Waals surface area contributed by atoms with Crippen LogP contribution in [0.15, 0.2) is 10.8 Å². The maximum atomic E-state index is 4.98. The van der Waals surface area contributed by atoms with Gasteiger partial charge in [0.25, 0.3) is 0 Å². The molecule has 0 unspecified atom stereocenters. The van der Waals surface area contributed by atoms with Crippen molar-refractivity contribution in [1.82, 2.24) is 10.5 Å². The Morgan fingerprint density at radius 2 is 2.42 bits per heavy atom. The molecular weight excluding hydrogens is 152 g/mol. The normalized spacial score (nSPS) is 21.5. The van der Waals surface area contributed by atoms with Gasteiger partial charge in [0.05, 0.1) is 5.69 Å². The van der Waals surface area contributed by atoms with E-state index in [-0.39, 0.29) is 5.41 Å². The van der Waals surface area contributed by atoms with Gasteiger partial charge in [-0.3, -0.25) is 0 Å². The molecule has 0 radical (unpaired) electrons. The van der Waals surface area contributed by atoms with E-state index in [1.807, 2.05) is 0 Å². The quantitative estimate of drug-likeness (QED) is 0.627. The van der Waals surface area contributed by atoms with E-state index >= 15 is 0 Å². The van der Waals surface area contributed by atoms with Gasteiger partial charge in [-0.1, -0.05) is 19.0 Å². The Morgan fingerprint density at radius 3 is 3.25 bits per heavy atom. The lowest BCUT2D eigenvalue weighted by molar-refractivity contribution is 0.402. The van der Waals surface area contributed by atoms with E-state index in [4.69, 9.17) is 4.52 Å². The number of rotatable bonds is 0. The molecule has 1 aliphatic heterocycles. The molecular formula is C9H14N2O. The predicted octanol–water partition coefficient (Wildman–Crippen LogP) is 1.10. The standard InChI is InChI=1S/C9H14N2O/c1-9(2)6-10-4-3-8-7(9)5-12-11-8/h5,10H,3-4,6H2,1-2H3. The van der Waals surface area contributed by atoms with Crippen LogP contribution in [0.2, 0.25) is 0 Å². The molecule has 0 aromatic carbocycles. The minimum absolute atomic E-state index is 0.159. The van der Waals surface area contributed by atoms with E-state index < -0.39 is 0 Å². The minimum Gasteiger partial charge on any atom is -0.364 e. The fourth-order valence-electron chi connectivity index (χ4n) is 1.69. The lowest BCUT2D eigenvalue weighted by Crippen LogP contribution is -2.31. The zero-order valence-electron chi connectivity index (χ0n) is 7.55. The van der Waals surface area contributed by atoms with Crippen molar-refractivity contribution in [3.05, 3.63) is 17.5 Å². The van der Waals surface area contributed by atoms with E-state index in [1.165, 1.54) is 5.56 Å². The van der Waals surface area contributed by atoms with Gasteiger partial charge in [0, 0.05) is 30.5 Å². The van der Waals surface area contributed by atoms with Crippen molar-refractivity contribution < 1.29 is 4.52 Å². The van der Waals surface area contributed by atoms with E-state index in [1.54, 1.807) is 6.26 Å². The Labute approximate surface area is 72.1 Å². The highest BCUT2D eigenvalue weighted by molar-refractivity contribution is 5.26. The first-order chi connectivity index (χ1) is 5.70. The summed E-state index contributed by atoms with van der Waals surface area (Å²) in [6.45, 7) is 6.42. The van der Waals surface area contributed by atoms with Crippen LogP contribution in [-0.2, 0) is 11.8 Å². The molecule has 3 heteroatoms. The second kappa shape index (κ2) is 2.59. The molecule has 0 amide bonds. The number of nitrogens with one attached hydrogen (secondary N) is 1. The Hall–Kier alpha value is -0.830. The van der Waals surface area contributed by atoms with Crippen LogP contribution < -0.4 is 5.32 Å². The third-order valence-electron chi connectivity index (χ3n) is 2.48. The third kappa shape index (κ3) is 1.14.